The van der Waals surface area contributed by atoms with E-state index in [0.717, 1.165) is 11.3 Å². The van der Waals surface area contributed by atoms with E-state index in [-0.39, 0.29) is 5.91 Å². The number of hydrogen-bond acceptors (Lipinski definition) is 3. The monoisotopic (exact) mass is 307 g/mol. The van der Waals surface area contributed by atoms with E-state index in [9.17, 15) is 4.79 Å². The Morgan fingerprint density at radius 1 is 1.43 bits per heavy atom. The van der Waals surface area contributed by atoms with Gasteiger partial charge in [-0.1, -0.05) is 11.6 Å². The molecule has 0 N–H and O–H groups in total. The van der Waals surface area contributed by atoms with E-state index >= 15 is 0 Å². The van der Waals surface area contributed by atoms with E-state index < -0.39 is 6.10 Å². The zero-order valence-electron chi connectivity index (χ0n) is 12.3. The van der Waals surface area contributed by atoms with Crippen LogP contribution in [0, 0.1) is 6.92 Å². The van der Waals surface area contributed by atoms with Gasteiger partial charge in [-0.15, -0.1) is 0 Å². The molecule has 112 valence electrons. The molecule has 0 aliphatic rings. The van der Waals surface area contributed by atoms with Crippen molar-refractivity contribution in [2.24, 2.45) is 0 Å². The molecule has 0 aliphatic carbocycles. The van der Waals surface area contributed by atoms with Crippen LogP contribution in [0.4, 0.5) is 0 Å². The summed E-state index contributed by atoms with van der Waals surface area (Å²) in [4.78, 5) is 13.9. The molecular weight excluding hydrogens is 290 g/mol. The number of amides is 1. The summed E-state index contributed by atoms with van der Waals surface area (Å²) in [5, 5.41) is 0.647. The number of rotatable bonds is 5. The van der Waals surface area contributed by atoms with Gasteiger partial charge in [-0.2, -0.15) is 0 Å². The maximum absolute atomic E-state index is 12.3. The Kier molecular flexibility index (Phi) is 4.91. The topological polar surface area (TPSA) is 42.7 Å². The lowest BCUT2D eigenvalue weighted by Gasteiger charge is -2.22. The van der Waals surface area contributed by atoms with Crippen LogP contribution in [0.15, 0.2) is 41.0 Å². The average molecular weight is 308 g/mol. The lowest BCUT2D eigenvalue weighted by molar-refractivity contribution is -0.137. The van der Waals surface area contributed by atoms with Crippen molar-refractivity contribution in [2.45, 2.75) is 26.5 Å². The molecule has 1 unspecified atom stereocenters. The molecule has 1 amide bonds. The quantitative estimate of drug-likeness (QED) is 0.846. The van der Waals surface area contributed by atoms with Crippen molar-refractivity contribution in [2.75, 3.05) is 7.05 Å². The number of carbonyl (C=O) groups excluding carboxylic acids is 1. The predicted octanol–water partition coefficient (Wildman–Crippen LogP) is 3.67. The molecule has 0 aliphatic heterocycles. The van der Waals surface area contributed by atoms with E-state index in [1.165, 1.54) is 0 Å². The van der Waals surface area contributed by atoms with Crippen LogP contribution in [0.25, 0.3) is 0 Å². The number of benzene rings is 1. The van der Waals surface area contributed by atoms with Crippen LogP contribution in [0.2, 0.25) is 5.02 Å². The number of hydrogen-bond donors (Lipinski definition) is 0. The largest absolute Gasteiger partial charge is 0.481 e. The van der Waals surface area contributed by atoms with Crippen molar-refractivity contribution in [3.05, 3.63) is 52.9 Å². The van der Waals surface area contributed by atoms with Crippen molar-refractivity contribution in [1.82, 2.24) is 4.90 Å². The molecule has 0 saturated carbocycles. The van der Waals surface area contributed by atoms with Gasteiger partial charge in [0.2, 0.25) is 0 Å². The van der Waals surface area contributed by atoms with Gasteiger partial charge in [0.05, 0.1) is 12.8 Å². The van der Waals surface area contributed by atoms with E-state index in [1.807, 2.05) is 13.0 Å². The fourth-order valence-corrected chi connectivity index (χ4v) is 2.24. The molecule has 4 nitrogen and oxygen atoms in total. The van der Waals surface area contributed by atoms with Crippen LogP contribution in [0.5, 0.6) is 5.75 Å². The molecule has 2 aromatic rings. The smallest absolute Gasteiger partial charge is 0.263 e. The molecule has 0 radical (unpaired) electrons. The van der Waals surface area contributed by atoms with Gasteiger partial charge in [-0.25, -0.2) is 0 Å². The third-order valence-electron chi connectivity index (χ3n) is 3.14. The summed E-state index contributed by atoms with van der Waals surface area (Å²) in [7, 11) is 1.72. The number of aryl methyl sites for hydroxylation is 1. The van der Waals surface area contributed by atoms with Gasteiger partial charge in [0.1, 0.15) is 11.5 Å². The Morgan fingerprint density at radius 2 is 2.19 bits per heavy atom. The fraction of sp³-hybridized carbons (Fsp3) is 0.312. The highest BCUT2D eigenvalue weighted by molar-refractivity contribution is 6.30. The normalized spacial score (nSPS) is 12.0. The third kappa shape index (κ3) is 4.02. The van der Waals surface area contributed by atoms with Crippen molar-refractivity contribution >= 4 is 17.5 Å². The zero-order valence-corrected chi connectivity index (χ0v) is 13.1. The first-order chi connectivity index (χ1) is 9.97. The standard InChI is InChI=1S/C16H18ClNO3/c1-11-9-13(17)6-7-15(11)21-12(2)16(19)18(3)10-14-5-4-8-20-14/h4-9,12H,10H2,1-3H3. The highest BCUT2D eigenvalue weighted by atomic mass is 35.5. The van der Waals surface area contributed by atoms with Gasteiger partial charge in [-0.05, 0) is 49.7 Å². The van der Waals surface area contributed by atoms with Gasteiger partial charge >= 0.3 is 0 Å². The van der Waals surface area contributed by atoms with E-state index in [4.69, 9.17) is 20.8 Å². The number of halogens is 1. The Hall–Kier alpha value is -1.94. The molecule has 1 aromatic carbocycles. The van der Waals surface area contributed by atoms with Crippen LogP contribution in [0.1, 0.15) is 18.2 Å². The second-order valence-electron chi connectivity index (χ2n) is 4.94. The second kappa shape index (κ2) is 6.68. The van der Waals surface area contributed by atoms with Gasteiger partial charge in [0.25, 0.3) is 5.91 Å². The minimum atomic E-state index is -0.579. The molecule has 21 heavy (non-hydrogen) atoms. The fourth-order valence-electron chi connectivity index (χ4n) is 2.01. The predicted molar refractivity (Wildman–Crippen MR) is 81.5 cm³/mol. The van der Waals surface area contributed by atoms with Crippen LogP contribution >= 0.6 is 11.6 Å². The summed E-state index contributed by atoms with van der Waals surface area (Å²) in [6.45, 7) is 4.04. The number of likely N-dealkylation sites (N-methyl/N-ethyl adjacent to an activating group) is 1. The summed E-state index contributed by atoms with van der Waals surface area (Å²) in [5.74, 6) is 1.29. The van der Waals surface area contributed by atoms with Crippen LogP contribution < -0.4 is 4.74 Å². The van der Waals surface area contributed by atoms with Crippen molar-refractivity contribution in [3.8, 4) is 5.75 Å². The summed E-state index contributed by atoms with van der Waals surface area (Å²) in [6.07, 6.45) is 1.01. The summed E-state index contributed by atoms with van der Waals surface area (Å²) < 4.78 is 11.0. The minimum absolute atomic E-state index is 0.110. The Balaban J connectivity index is 1.98. The molecule has 1 atom stereocenters. The van der Waals surface area contributed by atoms with E-state index in [2.05, 4.69) is 0 Å². The average Bonchev–Trinajstić information content (AvgIpc) is 2.93. The SMILES string of the molecule is Cc1cc(Cl)ccc1OC(C)C(=O)N(C)Cc1ccco1. The maximum atomic E-state index is 12.3. The van der Waals surface area contributed by atoms with Crippen LogP contribution in [-0.4, -0.2) is 24.0 Å². The minimum Gasteiger partial charge on any atom is -0.481 e. The van der Waals surface area contributed by atoms with Gasteiger partial charge < -0.3 is 14.1 Å². The van der Waals surface area contributed by atoms with Gasteiger partial charge in [0.15, 0.2) is 6.10 Å². The first-order valence-corrected chi connectivity index (χ1v) is 7.05. The number of ether oxygens (including phenoxy) is 1. The highest BCUT2D eigenvalue weighted by Gasteiger charge is 2.20. The second-order valence-corrected chi connectivity index (χ2v) is 5.38. The number of nitrogens with zero attached hydrogens (tertiary/aromatic N) is 1. The molecule has 5 heteroatoms. The molecule has 2 rings (SSSR count). The lowest BCUT2D eigenvalue weighted by atomic mass is 10.2. The van der Waals surface area contributed by atoms with Crippen molar-refractivity contribution in [1.29, 1.82) is 0 Å². The number of carbonyl (C=O) groups is 1. The zero-order chi connectivity index (χ0) is 15.4. The Bertz CT molecular complexity index is 610. The van der Waals surface area contributed by atoms with Crippen LogP contribution in [0.3, 0.4) is 0 Å². The van der Waals surface area contributed by atoms with Crippen molar-refractivity contribution in [3.63, 3.8) is 0 Å². The first kappa shape index (κ1) is 15.4. The van der Waals surface area contributed by atoms with Gasteiger partial charge in [-0.3, -0.25) is 4.79 Å². The molecular formula is C16H18ClNO3. The number of furan rings is 1. The molecule has 0 bridgehead atoms. The van der Waals surface area contributed by atoms with E-state index in [1.54, 1.807) is 49.4 Å². The molecule has 0 saturated heterocycles. The highest BCUT2D eigenvalue weighted by Crippen LogP contribution is 2.23. The third-order valence-corrected chi connectivity index (χ3v) is 3.37. The molecule has 1 aromatic heterocycles. The molecule has 1 heterocycles. The Morgan fingerprint density at radius 3 is 2.81 bits per heavy atom. The summed E-state index contributed by atoms with van der Waals surface area (Å²) in [6, 6.07) is 8.95. The van der Waals surface area contributed by atoms with Crippen LogP contribution in [-0.2, 0) is 11.3 Å². The Labute approximate surface area is 129 Å². The first-order valence-electron chi connectivity index (χ1n) is 6.67. The summed E-state index contributed by atoms with van der Waals surface area (Å²) >= 11 is 5.90. The maximum Gasteiger partial charge on any atom is 0.263 e. The summed E-state index contributed by atoms with van der Waals surface area (Å²) in [5.41, 5.74) is 0.899. The van der Waals surface area contributed by atoms with Gasteiger partial charge in [0, 0.05) is 12.1 Å². The van der Waals surface area contributed by atoms with Crippen molar-refractivity contribution < 1.29 is 13.9 Å². The lowest BCUT2D eigenvalue weighted by Crippen LogP contribution is -2.37. The molecule has 0 spiro atoms. The van der Waals surface area contributed by atoms with E-state index in [0.29, 0.717) is 17.3 Å². The molecule has 0 fully saturated rings.